The van der Waals surface area contributed by atoms with Crippen molar-refractivity contribution in [2.45, 2.75) is 46.6 Å². The van der Waals surface area contributed by atoms with Gasteiger partial charge in [0, 0.05) is 18.0 Å². The maximum absolute atomic E-state index is 11.7. The Bertz CT molecular complexity index is 400. The summed E-state index contributed by atoms with van der Waals surface area (Å²) in [4.78, 5) is 19.2. The molecule has 5 heteroatoms. The van der Waals surface area contributed by atoms with Crippen LogP contribution in [0.5, 0.6) is 0 Å². The lowest BCUT2D eigenvalue weighted by Gasteiger charge is -2.25. The molecule has 0 saturated carbocycles. The lowest BCUT2D eigenvalue weighted by Crippen LogP contribution is -2.30. The highest BCUT2D eigenvalue weighted by Gasteiger charge is 2.20. The molecule has 0 aliphatic carbocycles. The van der Waals surface area contributed by atoms with Crippen LogP contribution >= 0.6 is 11.3 Å². The summed E-state index contributed by atoms with van der Waals surface area (Å²) in [5, 5.41) is 0.893. The molecular formula is C13H22N2O2S. The molecule has 0 aliphatic heterocycles. The average molecular weight is 270 g/mol. The third-order valence-corrected chi connectivity index (χ3v) is 4.11. The summed E-state index contributed by atoms with van der Waals surface area (Å²) >= 11 is 1.55. The largest absolute Gasteiger partial charge is 0.461 e. The van der Waals surface area contributed by atoms with Gasteiger partial charge in [-0.2, -0.15) is 0 Å². The zero-order chi connectivity index (χ0) is 13.7. The molecule has 1 aromatic rings. The number of carbonyl (C=O) groups excluding carboxylic acids is 1. The van der Waals surface area contributed by atoms with E-state index in [2.05, 4.69) is 23.7 Å². The molecule has 102 valence electrons. The predicted molar refractivity (Wildman–Crippen MR) is 75.6 cm³/mol. The van der Waals surface area contributed by atoms with Crippen molar-refractivity contribution >= 4 is 22.4 Å². The fraction of sp³-hybridized carbons (Fsp3) is 0.692. The zero-order valence-electron chi connectivity index (χ0n) is 11.8. The summed E-state index contributed by atoms with van der Waals surface area (Å²) in [7, 11) is 2.03. The third kappa shape index (κ3) is 3.22. The number of aromatic nitrogens is 1. The molecule has 0 saturated heterocycles. The Hall–Kier alpha value is -1.10. The van der Waals surface area contributed by atoms with Gasteiger partial charge in [0.15, 0.2) is 10.8 Å². The Labute approximate surface area is 113 Å². The molecule has 0 spiro atoms. The summed E-state index contributed by atoms with van der Waals surface area (Å²) < 4.78 is 5.00. The Morgan fingerprint density at radius 1 is 1.39 bits per heavy atom. The topological polar surface area (TPSA) is 42.4 Å². The van der Waals surface area contributed by atoms with Crippen molar-refractivity contribution in [3.8, 4) is 0 Å². The monoisotopic (exact) mass is 270 g/mol. The molecule has 18 heavy (non-hydrogen) atoms. The van der Waals surface area contributed by atoms with E-state index in [1.807, 2.05) is 14.0 Å². The predicted octanol–water partition coefficient (Wildman–Crippen LogP) is 3.25. The van der Waals surface area contributed by atoms with E-state index < -0.39 is 0 Å². The Kier molecular flexibility index (Phi) is 5.59. The second-order valence-corrected chi connectivity index (χ2v) is 5.38. The highest BCUT2D eigenvalue weighted by Crippen LogP contribution is 2.27. The summed E-state index contributed by atoms with van der Waals surface area (Å²) in [5.41, 5.74) is 0.453. The minimum atomic E-state index is -0.324. The van der Waals surface area contributed by atoms with Gasteiger partial charge in [0.2, 0.25) is 0 Å². The van der Waals surface area contributed by atoms with E-state index >= 15 is 0 Å². The maximum Gasteiger partial charge on any atom is 0.358 e. The third-order valence-electron chi connectivity index (χ3n) is 3.05. The molecule has 1 rings (SSSR count). The number of hydrogen-bond donors (Lipinski definition) is 0. The number of carbonyl (C=O) groups is 1. The van der Waals surface area contributed by atoms with Gasteiger partial charge < -0.3 is 9.64 Å². The number of esters is 1. The van der Waals surface area contributed by atoms with Crippen LogP contribution in [0.1, 0.15) is 49.0 Å². The molecule has 0 N–H and O–H groups in total. The van der Waals surface area contributed by atoms with Crippen LogP contribution in [0.2, 0.25) is 0 Å². The molecule has 1 aromatic heterocycles. The molecule has 0 fully saturated rings. The second kappa shape index (κ2) is 6.73. The van der Waals surface area contributed by atoms with E-state index in [0.717, 1.165) is 22.9 Å². The van der Waals surface area contributed by atoms with Gasteiger partial charge in [0.05, 0.1) is 6.61 Å². The second-order valence-electron chi connectivity index (χ2n) is 4.20. The van der Waals surface area contributed by atoms with Crippen LogP contribution in [-0.4, -0.2) is 30.6 Å². The van der Waals surface area contributed by atoms with Gasteiger partial charge in [-0.05, 0) is 26.7 Å². The van der Waals surface area contributed by atoms with Crippen molar-refractivity contribution in [3.63, 3.8) is 0 Å². The molecule has 0 unspecified atom stereocenters. The summed E-state index contributed by atoms with van der Waals surface area (Å²) in [6.07, 6.45) is 2.14. The van der Waals surface area contributed by atoms with Crippen LogP contribution in [0.3, 0.4) is 0 Å². The first-order valence-corrected chi connectivity index (χ1v) is 7.24. The van der Waals surface area contributed by atoms with E-state index in [-0.39, 0.29) is 5.97 Å². The highest BCUT2D eigenvalue weighted by atomic mass is 32.1. The van der Waals surface area contributed by atoms with Gasteiger partial charge >= 0.3 is 5.97 Å². The van der Waals surface area contributed by atoms with Crippen molar-refractivity contribution in [2.24, 2.45) is 0 Å². The van der Waals surface area contributed by atoms with Gasteiger partial charge in [0.1, 0.15) is 0 Å². The number of thiazole rings is 1. The quantitative estimate of drug-likeness (QED) is 0.744. The zero-order valence-corrected chi connectivity index (χ0v) is 12.6. The smallest absolute Gasteiger partial charge is 0.358 e. The van der Waals surface area contributed by atoms with Gasteiger partial charge in [-0.15, -0.1) is 11.3 Å². The lowest BCUT2D eigenvalue weighted by molar-refractivity contribution is 0.0519. The van der Waals surface area contributed by atoms with E-state index in [1.165, 1.54) is 0 Å². The molecule has 0 aromatic carbocycles. The number of hydrogen-bond acceptors (Lipinski definition) is 5. The first kappa shape index (κ1) is 15.0. The number of nitrogens with zero attached hydrogens (tertiary/aromatic N) is 2. The Morgan fingerprint density at radius 2 is 2.00 bits per heavy atom. The number of anilines is 1. The Balaban J connectivity index is 2.92. The number of ether oxygens (including phenoxy) is 1. The summed E-state index contributed by atoms with van der Waals surface area (Å²) in [6, 6.07) is 0.464. The van der Waals surface area contributed by atoms with Gasteiger partial charge in [0.25, 0.3) is 0 Å². The van der Waals surface area contributed by atoms with Gasteiger partial charge in [-0.25, -0.2) is 9.78 Å². The van der Waals surface area contributed by atoms with Crippen molar-refractivity contribution < 1.29 is 9.53 Å². The number of rotatable bonds is 6. The molecule has 0 aliphatic rings. The fourth-order valence-corrected chi connectivity index (χ4v) is 2.84. The van der Waals surface area contributed by atoms with E-state index in [9.17, 15) is 4.79 Å². The van der Waals surface area contributed by atoms with Crippen LogP contribution < -0.4 is 4.90 Å². The van der Waals surface area contributed by atoms with Crippen molar-refractivity contribution in [2.75, 3.05) is 18.6 Å². The molecule has 0 atom stereocenters. The lowest BCUT2D eigenvalue weighted by atomic mass is 10.1. The van der Waals surface area contributed by atoms with Crippen molar-refractivity contribution in [1.29, 1.82) is 0 Å². The molecule has 0 radical (unpaired) electrons. The van der Waals surface area contributed by atoms with Crippen molar-refractivity contribution in [3.05, 3.63) is 10.6 Å². The van der Waals surface area contributed by atoms with Crippen molar-refractivity contribution in [1.82, 2.24) is 4.98 Å². The van der Waals surface area contributed by atoms with Crippen LogP contribution in [0.4, 0.5) is 5.13 Å². The highest BCUT2D eigenvalue weighted by molar-refractivity contribution is 7.15. The van der Waals surface area contributed by atoms with E-state index in [1.54, 1.807) is 18.3 Å². The molecule has 0 amide bonds. The molecule has 1 heterocycles. The van der Waals surface area contributed by atoms with Crippen LogP contribution in [0, 0.1) is 6.92 Å². The van der Waals surface area contributed by atoms with Crippen LogP contribution in [0.25, 0.3) is 0 Å². The molecule has 0 bridgehead atoms. The molecular weight excluding hydrogens is 248 g/mol. The summed E-state index contributed by atoms with van der Waals surface area (Å²) in [6.45, 7) is 8.42. The average Bonchev–Trinajstić information content (AvgIpc) is 2.73. The SMILES string of the molecule is CCOC(=O)c1nc(N(C)C(CC)CC)sc1C. The Morgan fingerprint density at radius 3 is 2.50 bits per heavy atom. The minimum absolute atomic E-state index is 0.324. The minimum Gasteiger partial charge on any atom is -0.461 e. The van der Waals surface area contributed by atoms with Crippen LogP contribution in [0.15, 0.2) is 0 Å². The van der Waals surface area contributed by atoms with E-state index in [4.69, 9.17) is 4.74 Å². The van der Waals surface area contributed by atoms with Gasteiger partial charge in [-0.3, -0.25) is 0 Å². The normalized spacial score (nSPS) is 10.8. The van der Waals surface area contributed by atoms with E-state index in [0.29, 0.717) is 18.3 Å². The molecule has 4 nitrogen and oxygen atoms in total. The standard InChI is InChI=1S/C13H22N2O2S/c1-6-10(7-2)15(5)13-14-11(9(4)18-13)12(16)17-8-3/h10H,6-8H2,1-5H3. The number of aryl methyl sites for hydroxylation is 1. The fourth-order valence-electron chi connectivity index (χ4n) is 1.91. The first-order chi connectivity index (χ1) is 8.54. The first-order valence-electron chi connectivity index (χ1n) is 6.42. The maximum atomic E-state index is 11.7. The van der Waals surface area contributed by atoms with Gasteiger partial charge in [-0.1, -0.05) is 13.8 Å². The van der Waals surface area contributed by atoms with Crippen LogP contribution in [-0.2, 0) is 4.74 Å². The summed E-state index contributed by atoms with van der Waals surface area (Å²) in [5.74, 6) is -0.324.